The predicted octanol–water partition coefficient (Wildman–Crippen LogP) is 7.63. The fraction of sp³-hybridized carbons (Fsp3) is 0.344. The molecular formula is C32H35NO3S. The largest absolute Gasteiger partial charge is 0.508 e. The number of phenols is 1. The molecule has 5 heteroatoms. The van der Waals surface area contributed by atoms with Crippen molar-refractivity contribution < 1.29 is 14.6 Å². The molecule has 2 heterocycles. The Bertz CT molecular complexity index is 1380. The molecule has 5 rings (SSSR count). The Morgan fingerprint density at radius 3 is 2.51 bits per heavy atom. The van der Waals surface area contributed by atoms with Crippen molar-refractivity contribution in [2.75, 3.05) is 26.2 Å². The molecule has 3 aromatic carbocycles. The fourth-order valence-corrected chi connectivity index (χ4v) is 6.58. The quantitative estimate of drug-likeness (QED) is 0.185. The molecule has 0 saturated carbocycles. The van der Waals surface area contributed by atoms with Crippen LogP contribution in [-0.2, 0) is 6.42 Å². The monoisotopic (exact) mass is 513 g/mol. The highest BCUT2D eigenvalue weighted by atomic mass is 32.1. The van der Waals surface area contributed by atoms with Crippen molar-refractivity contribution in [3.05, 3.63) is 82.9 Å². The molecule has 1 N–H and O–H groups in total. The smallest absolute Gasteiger partial charge is 0.159 e. The van der Waals surface area contributed by atoms with Crippen molar-refractivity contribution in [2.45, 2.75) is 46.0 Å². The van der Waals surface area contributed by atoms with Gasteiger partial charge in [-0.25, -0.2) is 0 Å². The van der Waals surface area contributed by atoms with Crippen LogP contribution < -0.4 is 4.74 Å². The number of carbonyl (C=O) groups excluding carboxylic acids is 1. The molecule has 192 valence electrons. The van der Waals surface area contributed by atoms with Crippen LogP contribution in [0.25, 0.3) is 20.5 Å². The molecule has 1 saturated heterocycles. The zero-order valence-electron chi connectivity index (χ0n) is 21.8. The molecule has 0 radical (unpaired) electrons. The first-order valence-electron chi connectivity index (χ1n) is 13.3. The second-order valence-corrected chi connectivity index (χ2v) is 11.2. The highest BCUT2D eigenvalue weighted by molar-refractivity contribution is 7.22. The van der Waals surface area contributed by atoms with Gasteiger partial charge in [0.1, 0.15) is 11.5 Å². The number of phenolic OH excluding ortho intramolecular Hbond substituents is 1. The summed E-state index contributed by atoms with van der Waals surface area (Å²) in [5, 5.41) is 11.1. The van der Waals surface area contributed by atoms with Crippen molar-refractivity contribution in [1.82, 2.24) is 4.90 Å². The van der Waals surface area contributed by atoms with E-state index in [0.717, 1.165) is 53.1 Å². The zero-order chi connectivity index (χ0) is 25.8. The summed E-state index contributed by atoms with van der Waals surface area (Å²) in [6, 6.07) is 20.0. The number of likely N-dealkylation sites (tertiary alicyclic amines) is 1. The number of hydrogen-bond donors (Lipinski definition) is 1. The van der Waals surface area contributed by atoms with Gasteiger partial charge in [0.05, 0.1) is 6.61 Å². The Kier molecular flexibility index (Phi) is 7.92. The van der Waals surface area contributed by atoms with Crippen LogP contribution in [0.1, 0.15) is 59.7 Å². The summed E-state index contributed by atoms with van der Waals surface area (Å²) in [6.45, 7) is 7.96. The second kappa shape index (κ2) is 11.5. The van der Waals surface area contributed by atoms with Gasteiger partial charge in [-0.3, -0.25) is 4.79 Å². The van der Waals surface area contributed by atoms with Gasteiger partial charge in [0, 0.05) is 21.7 Å². The third-order valence-corrected chi connectivity index (χ3v) is 8.52. The molecule has 1 fully saturated rings. The van der Waals surface area contributed by atoms with Crippen LogP contribution in [0.4, 0.5) is 0 Å². The fourth-order valence-electron chi connectivity index (χ4n) is 5.23. The predicted molar refractivity (Wildman–Crippen MR) is 153 cm³/mol. The molecule has 4 aromatic rings. The molecule has 0 spiro atoms. The highest BCUT2D eigenvalue weighted by Crippen LogP contribution is 2.42. The van der Waals surface area contributed by atoms with Crippen molar-refractivity contribution in [3.8, 4) is 21.9 Å². The number of nitrogens with zero attached hydrogens (tertiary/aromatic N) is 1. The molecule has 1 aliphatic rings. The van der Waals surface area contributed by atoms with Crippen LogP contribution in [0.2, 0.25) is 0 Å². The number of hydrogen-bond acceptors (Lipinski definition) is 5. The normalized spacial score (nSPS) is 14.2. The molecule has 0 aliphatic carbocycles. The minimum absolute atomic E-state index is 0.0748. The summed E-state index contributed by atoms with van der Waals surface area (Å²) in [5.41, 5.74) is 5.35. The average molecular weight is 514 g/mol. The van der Waals surface area contributed by atoms with Gasteiger partial charge in [0.25, 0.3) is 0 Å². The number of thiophene rings is 1. The topological polar surface area (TPSA) is 49.8 Å². The van der Waals surface area contributed by atoms with Crippen LogP contribution in [0.15, 0.2) is 60.7 Å². The van der Waals surface area contributed by atoms with E-state index in [2.05, 4.69) is 35.2 Å². The molecule has 0 bridgehead atoms. The molecule has 1 aromatic heterocycles. The van der Waals surface area contributed by atoms with Crippen molar-refractivity contribution in [2.24, 2.45) is 0 Å². The number of rotatable bonds is 9. The first-order chi connectivity index (χ1) is 18.0. The van der Waals surface area contributed by atoms with E-state index in [-0.39, 0.29) is 11.5 Å². The lowest BCUT2D eigenvalue weighted by Gasteiger charge is -2.26. The first-order valence-corrected chi connectivity index (χ1v) is 14.1. The van der Waals surface area contributed by atoms with Gasteiger partial charge in [0.15, 0.2) is 5.78 Å². The lowest BCUT2D eigenvalue weighted by molar-refractivity contribution is 0.101. The van der Waals surface area contributed by atoms with Crippen LogP contribution in [0.3, 0.4) is 0 Å². The van der Waals surface area contributed by atoms with Crippen molar-refractivity contribution in [1.29, 1.82) is 0 Å². The Labute approximate surface area is 223 Å². The molecular weight excluding hydrogens is 478 g/mol. The van der Waals surface area contributed by atoms with Gasteiger partial charge >= 0.3 is 0 Å². The number of benzene rings is 3. The third-order valence-electron chi connectivity index (χ3n) is 7.29. The van der Waals surface area contributed by atoms with Crippen LogP contribution in [0, 0.1) is 6.92 Å². The summed E-state index contributed by atoms with van der Waals surface area (Å²) in [7, 11) is 0. The summed E-state index contributed by atoms with van der Waals surface area (Å²) < 4.78 is 7.14. The standard InChI is InChI=1S/C32H35NO3S/c1-22-19-26(35)10-14-28(22)32-30(29-13-9-25(23(2)34)21-31(29)37-32)20-24-7-11-27(12-8-24)36-18-6-17-33-15-4-3-5-16-33/h7-14,19,21,35H,3-6,15-18,20H2,1-2H3. The Balaban J connectivity index is 1.34. The molecule has 1 aliphatic heterocycles. The summed E-state index contributed by atoms with van der Waals surface area (Å²) in [4.78, 5) is 15.7. The Morgan fingerprint density at radius 1 is 1.00 bits per heavy atom. The van der Waals surface area contributed by atoms with E-state index < -0.39 is 0 Å². The minimum Gasteiger partial charge on any atom is -0.508 e. The zero-order valence-corrected chi connectivity index (χ0v) is 22.6. The SMILES string of the molecule is CC(=O)c1ccc2c(Cc3ccc(OCCCN4CCCCC4)cc3)c(-c3ccc(O)cc3C)sc2c1. The lowest BCUT2D eigenvalue weighted by atomic mass is 9.96. The number of Topliss-reactive ketones (excluding diaryl/α,β-unsaturated/α-hetero) is 1. The summed E-state index contributed by atoms with van der Waals surface area (Å²) in [5.74, 6) is 1.26. The number of carbonyl (C=O) groups is 1. The number of piperidine rings is 1. The minimum atomic E-state index is 0.0748. The van der Waals surface area contributed by atoms with Crippen LogP contribution in [-0.4, -0.2) is 42.0 Å². The third kappa shape index (κ3) is 6.06. The number of fused-ring (bicyclic) bond motifs is 1. The van der Waals surface area contributed by atoms with E-state index >= 15 is 0 Å². The van der Waals surface area contributed by atoms with E-state index in [1.807, 2.05) is 31.2 Å². The number of aromatic hydroxyl groups is 1. The summed E-state index contributed by atoms with van der Waals surface area (Å²) in [6.07, 6.45) is 5.86. The number of ketones is 1. The summed E-state index contributed by atoms with van der Waals surface area (Å²) >= 11 is 1.71. The van der Waals surface area contributed by atoms with E-state index in [9.17, 15) is 9.90 Å². The highest BCUT2D eigenvalue weighted by Gasteiger charge is 2.17. The van der Waals surface area contributed by atoms with Gasteiger partial charge < -0.3 is 14.7 Å². The van der Waals surface area contributed by atoms with Gasteiger partial charge in [-0.05, 0) is 117 Å². The molecule has 0 unspecified atom stereocenters. The van der Waals surface area contributed by atoms with Gasteiger partial charge in [-0.15, -0.1) is 11.3 Å². The van der Waals surface area contributed by atoms with E-state index in [0.29, 0.717) is 0 Å². The van der Waals surface area contributed by atoms with E-state index in [1.54, 1.807) is 24.3 Å². The molecule has 0 atom stereocenters. The van der Waals surface area contributed by atoms with Crippen molar-refractivity contribution in [3.63, 3.8) is 0 Å². The maximum absolute atomic E-state index is 12.0. The lowest BCUT2D eigenvalue weighted by Crippen LogP contribution is -2.31. The molecule has 0 amide bonds. The van der Waals surface area contributed by atoms with Crippen LogP contribution >= 0.6 is 11.3 Å². The van der Waals surface area contributed by atoms with Crippen LogP contribution in [0.5, 0.6) is 11.5 Å². The van der Waals surface area contributed by atoms with Gasteiger partial charge in [-0.1, -0.05) is 30.7 Å². The Hall–Kier alpha value is -3.15. The van der Waals surface area contributed by atoms with Gasteiger partial charge in [-0.2, -0.15) is 0 Å². The van der Waals surface area contributed by atoms with E-state index in [4.69, 9.17) is 4.74 Å². The maximum atomic E-state index is 12.0. The molecule has 37 heavy (non-hydrogen) atoms. The molecule has 4 nitrogen and oxygen atoms in total. The van der Waals surface area contributed by atoms with E-state index in [1.165, 1.54) is 53.7 Å². The average Bonchev–Trinajstić information content (AvgIpc) is 3.25. The number of ether oxygens (including phenoxy) is 1. The number of aryl methyl sites for hydroxylation is 1. The second-order valence-electron chi connectivity index (χ2n) is 10.1. The Morgan fingerprint density at radius 2 is 1.78 bits per heavy atom. The first kappa shape index (κ1) is 25.5. The van der Waals surface area contributed by atoms with Crippen molar-refractivity contribution >= 4 is 27.2 Å². The maximum Gasteiger partial charge on any atom is 0.159 e. The van der Waals surface area contributed by atoms with Gasteiger partial charge in [0.2, 0.25) is 0 Å².